The second kappa shape index (κ2) is 8.25. The molecule has 1 saturated heterocycles. The van der Waals surface area contributed by atoms with Gasteiger partial charge in [-0.15, -0.1) is 0 Å². The van der Waals surface area contributed by atoms with Crippen LogP contribution in [0.15, 0.2) is 16.5 Å². The number of nitrogens with one attached hydrogen (secondary N) is 2. The first-order valence-corrected chi connectivity index (χ1v) is 10.5. The summed E-state index contributed by atoms with van der Waals surface area (Å²) in [6, 6.07) is 1.87. The molecule has 0 aliphatic carbocycles. The van der Waals surface area contributed by atoms with E-state index < -0.39 is 10.0 Å². The minimum absolute atomic E-state index is 0.00676. The maximum absolute atomic E-state index is 12.4. The van der Waals surface area contributed by atoms with E-state index in [1.165, 1.54) is 13.1 Å². The Morgan fingerprint density at radius 1 is 1.33 bits per heavy atom. The Morgan fingerprint density at radius 2 is 2.07 bits per heavy atom. The monoisotopic (exact) mass is 412 g/mol. The zero-order chi connectivity index (χ0) is 19.4. The van der Waals surface area contributed by atoms with Crippen molar-refractivity contribution < 1.29 is 17.9 Å². The van der Waals surface area contributed by atoms with Crippen molar-refractivity contribution in [3.05, 3.63) is 23.8 Å². The number of morpholine rings is 1. The summed E-state index contributed by atoms with van der Waals surface area (Å²) in [5.41, 5.74) is 0.756. The average Bonchev–Trinajstić information content (AvgIpc) is 3.09. The van der Waals surface area contributed by atoms with Crippen molar-refractivity contribution in [1.82, 2.24) is 19.7 Å². The quantitative estimate of drug-likeness (QED) is 0.703. The fraction of sp³-hybridized carbons (Fsp3) is 0.467. The van der Waals surface area contributed by atoms with Crippen LogP contribution >= 0.6 is 11.3 Å². The molecular weight excluding hydrogens is 392 g/mol. The van der Waals surface area contributed by atoms with E-state index in [1.54, 1.807) is 0 Å². The van der Waals surface area contributed by atoms with Crippen molar-refractivity contribution >= 4 is 38.2 Å². The highest BCUT2D eigenvalue weighted by Crippen LogP contribution is 2.23. The predicted molar refractivity (Wildman–Crippen MR) is 100 cm³/mol. The number of anilines is 2. The molecule has 0 unspecified atom stereocenters. The normalized spacial score (nSPS) is 15.0. The van der Waals surface area contributed by atoms with Gasteiger partial charge < -0.3 is 15.0 Å². The highest BCUT2D eigenvalue weighted by atomic mass is 32.2. The van der Waals surface area contributed by atoms with Gasteiger partial charge in [0.15, 0.2) is 9.34 Å². The standard InChI is InChI=1S/C15H20N6O4S2/c1-10-7-13(21-3-5-25-6-4-21)20-12(18-10)8-17-27(23,24)14-9-16-15(26-14)19-11(2)22/h7,9,17H,3-6,8H2,1-2H3,(H,16,19,22). The smallest absolute Gasteiger partial charge is 0.252 e. The van der Waals surface area contributed by atoms with Gasteiger partial charge in [-0.3, -0.25) is 4.79 Å². The molecule has 3 rings (SSSR count). The third kappa shape index (κ3) is 5.19. The minimum Gasteiger partial charge on any atom is -0.378 e. The lowest BCUT2D eigenvalue weighted by atomic mass is 10.3. The molecule has 1 amide bonds. The van der Waals surface area contributed by atoms with Crippen molar-refractivity contribution in [2.75, 3.05) is 36.5 Å². The highest BCUT2D eigenvalue weighted by Gasteiger charge is 2.20. The van der Waals surface area contributed by atoms with E-state index in [0.717, 1.165) is 35.9 Å². The first-order chi connectivity index (χ1) is 12.8. The molecular formula is C15H20N6O4S2. The first kappa shape index (κ1) is 19.6. The molecule has 1 aliphatic rings. The highest BCUT2D eigenvalue weighted by molar-refractivity contribution is 7.91. The number of aryl methyl sites for hydroxylation is 1. The van der Waals surface area contributed by atoms with Gasteiger partial charge in [0.1, 0.15) is 11.6 Å². The lowest BCUT2D eigenvalue weighted by molar-refractivity contribution is -0.114. The fourth-order valence-electron chi connectivity index (χ4n) is 2.47. The van der Waals surface area contributed by atoms with Gasteiger partial charge in [-0.2, -0.15) is 0 Å². The summed E-state index contributed by atoms with van der Waals surface area (Å²) in [4.78, 5) is 25.8. The number of sulfonamides is 1. The summed E-state index contributed by atoms with van der Waals surface area (Å²) in [7, 11) is -3.78. The molecule has 0 atom stereocenters. The summed E-state index contributed by atoms with van der Waals surface area (Å²) in [6.45, 7) is 5.85. The van der Waals surface area contributed by atoms with Crippen molar-refractivity contribution in [2.24, 2.45) is 0 Å². The molecule has 2 aromatic rings. The maximum atomic E-state index is 12.4. The van der Waals surface area contributed by atoms with E-state index in [9.17, 15) is 13.2 Å². The van der Waals surface area contributed by atoms with Crippen LogP contribution in [-0.4, -0.2) is 55.6 Å². The summed E-state index contributed by atoms with van der Waals surface area (Å²) in [5, 5.41) is 2.68. The molecule has 27 heavy (non-hydrogen) atoms. The van der Waals surface area contributed by atoms with Crippen molar-refractivity contribution in [1.29, 1.82) is 0 Å². The Labute approximate surface area is 161 Å². The molecule has 0 spiro atoms. The zero-order valence-electron chi connectivity index (χ0n) is 14.9. The van der Waals surface area contributed by atoms with Crippen LogP contribution in [0.1, 0.15) is 18.4 Å². The average molecular weight is 412 g/mol. The molecule has 10 nitrogen and oxygen atoms in total. The Hall–Kier alpha value is -2.15. The van der Waals surface area contributed by atoms with Crippen LogP contribution in [0.3, 0.4) is 0 Å². The summed E-state index contributed by atoms with van der Waals surface area (Å²) >= 11 is 0.876. The van der Waals surface area contributed by atoms with Gasteiger partial charge in [-0.05, 0) is 6.92 Å². The molecule has 2 N–H and O–H groups in total. The van der Waals surface area contributed by atoms with Crippen molar-refractivity contribution in [2.45, 2.75) is 24.6 Å². The number of ether oxygens (including phenoxy) is 1. The number of nitrogens with zero attached hydrogens (tertiary/aromatic N) is 4. The number of amides is 1. The lowest BCUT2D eigenvalue weighted by Gasteiger charge is -2.28. The zero-order valence-corrected chi connectivity index (χ0v) is 16.6. The van der Waals surface area contributed by atoms with Gasteiger partial charge >= 0.3 is 0 Å². The van der Waals surface area contributed by atoms with Crippen LogP contribution in [-0.2, 0) is 26.1 Å². The van der Waals surface area contributed by atoms with Crippen LogP contribution in [0.25, 0.3) is 0 Å². The van der Waals surface area contributed by atoms with Gasteiger partial charge in [0.05, 0.1) is 26.0 Å². The number of carbonyl (C=O) groups is 1. The summed E-state index contributed by atoms with van der Waals surface area (Å²) in [5.74, 6) is 0.822. The van der Waals surface area contributed by atoms with Gasteiger partial charge in [0, 0.05) is 31.8 Å². The third-order valence-electron chi connectivity index (χ3n) is 3.67. The number of aromatic nitrogens is 3. The molecule has 0 aromatic carbocycles. The van der Waals surface area contributed by atoms with Crippen LogP contribution < -0.4 is 14.9 Å². The largest absolute Gasteiger partial charge is 0.378 e. The SMILES string of the molecule is CC(=O)Nc1ncc(S(=O)(=O)NCc2nc(C)cc(N3CCOCC3)n2)s1. The molecule has 0 saturated carbocycles. The number of rotatable bonds is 6. The Morgan fingerprint density at radius 3 is 2.78 bits per heavy atom. The molecule has 146 valence electrons. The topological polar surface area (TPSA) is 126 Å². The Balaban J connectivity index is 1.70. The Kier molecular flexibility index (Phi) is 5.99. The fourth-order valence-corrected chi connectivity index (χ4v) is 4.57. The van der Waals surface area contributed by atoms with Crippen molar-refractivity contribution in [3.8, 4) is 0 Å². The van der Waals surface area contributed by atoms with E-state index in [0.29, 0.717) is 19.0 Å². The molecule has 2 aromatic heterocycles. The molecule has 3 heterocycles. The predicted octanol–water partition coefficient (Wildman–Crippen LogP) is 0.515. The number of carbonyl (C=O) groups excluding carboxylic acids is 1. The van der Waals surface area contributed by atoms with Gasteiger partial charge in [-0.25, -0.2) is 28.1 Å². The van der Waals surface area contributed by atoms with Crippen LogP contribution in [0.2, 0.25) is 0 Å². The molecule has 0 radical (unpaired) electrons. The van der Waals surface area contributed by atoms with Crippen LogP contribution in [0.4, 0.5) is 10.9 Å². The van der Waals surface area contributed by atoms with Crippen LogP contribution in [0, 0.1) is 6.92 Å². The van der Waals surface area contributed by atoms with E-state index in [1.807, 2.05) is 13.0 Å². The van der Waals surface area contributed by atoms with E-state index in [2.05, 4.69) is 29.9 Å². The third-order valence-corrected chi connectivity index (χ3v) is 6.45. The number of thiazole rings is 1. The maximum Gasteiger partial charge on any atom is 0.252 e. The molecule has 0 bridgehead atoms. The second-order valence-corrected chi connectivity index (χ2v) is 8.90. The minimum atomic E-state index is -3.78. The van der Waals surface area contributed by atoms with Crippen LogP contribution in [0.5, 0.6) is 0 Å². The molecule has 12 heteroatoms. The molecule has 1 fully saturated rings. The second-order valence-electron chi connectivity index (χ2n) is 5.87. The summed E-state index contributed by atoms with van der Waals surface area (Å²) < 4.78 is 32.7. The number of hydrogen-bond donors (Lipinski definition) is 2. The van der Waals surface area contributed by atoms with E-state index in [4.69, 9.17) is 4.74 Å². The van der Waals surface area contributed by atoms with E-state index >= 15 is 0 Å². The Bertz CT molecular complexity index is 924. The summed E-state index contributed by atoms with van der Waals surface area (Å²) in [6.07, 6.45) is 1.20. The lowest BCUT2D eigenvalue weighted by Crippen LogP contribution is -2.37. The molecule has 1 aliphatic heterocycles. The van der Waals surface area contributed by atoms with Gasteiger partial charge in [-0.1, -0.05) is 11.3 Å². The number of hydrogen-bond acceptors (Lipinski definition) is 9. The van der Waals surface area contributed by atoms with Gasteiger partial charge in [0.25, 0.3) is 10.0 Å². The van der Waals surface area contributed by atoms with E-state index in [-0.39, 0.29) is 21.8 Å². The first-order valence-electron chi connectivity index (χ1n) is 8.24. The van der Waals surface area contributed by atoms with Crippen molar-refractivity contribution in [3.63, 3.8) is 0 Å². The van der Waals surface area contributed by atoms with Gasteiger partial charge in [0.2, 0.25) is 5.91 Å².